The molecule has 1 amide bonds. The number of nitrogens with zero attached hydrogens (tertiary/aromatic N) is 2. The highest BCUT2D eigenvalue weighted by Gasteiger charge is 2.21. The summed E-state index contributed by atoms with van der Waals surface area (Å²) in [4.78, 5) is 26.7. The van der Waals surface area contributed by atoms with Crippen LogP contribution in [0.1, 0.15) is 13.3 Å². The van der Waals surface area contributed by atoms with Gasteiger partial charge in [0.1, 0.15) is 5.78 Å². The molecule has 0 atom stereocenters. The molecule has 0 bridgehead atoms. The molecule has 5 heteroatoms. The Kier molecular flexibility index (Phi) is 4.43. The number of benzene rings is 1. The lowest BCUT2D eigenvalue weighted by Gasteiger charge is -2.36. The second-order valence-electron chi connectivity index (χ2n) is 4.73. The number of rotatable bonds is 3. The van der Waals surface area contributed by atoms with Crippen LogP contribution in [0.15, 0.2) is 24.3 Å². The predicted octanol–water partition coefficient (Wildman–Crippen LogP) is 1.97. The average Bonchev–Trinajstić information content (AvgIpc) is 2.38. The number of ketones is 1. The molecule has 0 aliphatic carbocycles. The Hall–Kier alpha value is -1.55. The molecule has 19 heavy (non-hydrogen) atoms. The van der Waals surface area contributed by atoms with Crippen molar-refractivity contribution in [2.75, 3.05) is 31.1 Å². The smallest absolute Gasteiger partial charge is 0.230 e. The maximum Gasteiger partial charge on any atom is 0.230 e. The van der Waals surface area contributed by atoms with Crippen molar-refractivity contribution in [2.45, 2.75) is 13.3 Å². The van der Waals surface area contributed by atoms with Gasteiger partial charge in [-0.3, -0.25) is 9.59 Å². The van der Waals surface area contributed by atoms with Crippen LogP contribution in [0.25, 0.3) is 0 Å². The monoisotopic (exact) mass is 280 g/mol. The summed E-state index contributed by atoms with van der Waals surface area (Å²) in [6.07, 6.45) is 0.0111. The number of Topliss-reactive ketones (excluding diaryl/α,β-unsaturated/α-hetero) is 1. The van der Waals surface area contributed by atoms with E-state index < -0.39 is 0 Å². The number of carbonyl (C=O) groups excluding carboxylic acids is 2. The highest BCUT2D eigenvalue weighted by atomic mass is 35.5. The molecule has 1 aliphatic heterocycles. The van der Waals surface area contributed by atoms with E-state index in [4.69, 9.17) is 11.6 Å². The van der Waals surface area contributed by atoms with E-state index in [1.54, 1.807) is 4.90 Å². The molecule has 2 rings (SSSR count). The topological polar surface area (TPSA) is 40.6 Å². The first-order valence-corrected chi connectivity index (χ1v) is 6.72. The van der Waals surface area contributed by atoms with Crippen molar-refractivity contribution >= 4 is 29.0 Å². The molecular formula is C14H17ClN2O2. The van der Waals surface area contributed by atoms with Crippen LogP contribution in [0.4, 0.5) is 5.69 Å². The fourth-order valence-electron chi connectivity index (χ4n) is 2.21. The van der Waals surface area contributed by atoms with E-state index in [0.717, 1.165) is 18.8 Å². The van der Waals surface area contributed by atoms with Crippen LogP contribution in [0.2, 0.25) is 5.02 Å². The SMILES string of the molecule is CC(=O)CC(=O)N1CCN(c2cccc(Cl)c2)CC1. The van der Waals surface area contributed by atoms with Crippen LogP contribution in [-0.2, 0) is 9.59 Å². The van der Waals surface area contributed by atoms with Crippen LogP contribution in [-0.4, -0.2) is 42.8 Å². The Morgan fingerprint density at radius 2 is 1.89 bits per heavy atom. The number of halogens is 1. The normalized spacial score (nSPS) is 15.5. The first-order chi connectivity index (χ1) is 9.06. The van der Waals surface area contributed by atoms with Crippen molar-refractivity contribution in [3.63, 3.8) is 0 Å². The van der Waals surface area contributed by atoms with E-state index in [-0.39, 0.29) is 18.1 Å². The van der Waals surface area contributed by atoms with E-state index in [1.807, 2.05) is 24.3 Å². The van der Waals surface area contributed by atoms with Gasteiger partial charge in [-0.05, 0) is 25.1 Å². The van der Waals surface area contributed by atoms with Crippen molar-refractivity contribution in [3.8, 4) is 0 Å². The van der Waals surface area contributed by atoms with Gasteiger partial charge in [0.15, 0.2) is 0 Å². The minimum Gasteiger partial charge on any atom is -0.368 e. The minimum atomic E-state index is -0.0812. The zero-order valence-corrected chi connectivity index (χ0v) is 11.7. The first kappa shape index (κ1) is 13.9. The lowest BCUT2D eigenvalue weighted by atomic mass is 10.2. The molecule has 0 unspecified atom stereocenters. The number of hydrogen-bond acceptors (Lipinski definition) is 3. The van der Waals surface area contributed by atoms with Crippen molar-refractivity contribution in [1.82, 2.24) is 4.90 Å². The molecule has 102 valence electrons. The molecule has 1 heterocycles. The maximum atomic E-state index is 11.8. The van der Waals surface area contributed by atoms with Crippen LogP contribution < -0.4 is 4.90 Å². The van der Waals surface area contributed by atoms with E-state index in [2.05, 4.69) is 4.90 Å². The lowest BCUT2D eigenvalue weighted by Crippen LogP contribution is -2.49. The third-order valence-electron chi connectivity index (χ3n) is 3.21. The van der Waals surface area contributed by atoms with Crippen LogP contribution in [0.3, 0.4) is 0 Å². The second kappa shape index (κ2) is 6.06. The van der Waals surface area contributed by atoms with Gasteiger partial charge in [0.05, 0.1) is 6.42 Å². The highest BCUT2D eigenvalue weighted by molar-refractivity contribution is 6.30. The fourth-order valence-corrected chi connectivity index (χ4v) is 2.40. The number of hydrogen-bond donors (Lipinski definition) is 0. The van der Waals surface area contributed by atoms with E-state index in [9.17, 15) is 9.59 Å². The predicted molar refractivity (Wildman–Crippen MR) is 75.5 cm³/mol. The number of anilines is 1. The van der Waals surface area contributed by atoms with Crippen LogP contribution in [0, 0.1) is 0 Å². The van der Waals surface area contributed by atoms with Gasteiger partial charge in [-0.25, -0.2) is 0 Å². The van der Waals surface area contributed by atoms with Gasteiger partial charge in [-0.2, -0.15) is 0 Å². The second-order valence-corrected chi connectivity index (χ2v) is 5.16. The molecular weight excluding hydrogens is 264 g/mol. The van der Waals surface area contributed by atoms with Crippen molar-refractivity contribution in [2.24, 2.45) is 0 Å². The Morgan fingerprint density at radius 3 is 2.47 bits per heavy atom. The summed E-state index contributed by atoms with van der Waals surface area (Å²) in [7, 11) is 0. The third-order valence-corrected chi connectivity index (χ3v) is 3.44. The third kappa shape index (κ3) is 3.70. The van der Waals surface area contributed by atoms with Crippen molar-refractivity contribution < 1.29 is 9.59 Å². The quantitative estimate of drug-likeness (QED) is 0.795. The molecule has 0 spiro atoms. The Morgan fingerprint density at radius 1 is 1.21 bits per heavy atom. The summed E-state index contributed by atoms with van der Waals surface area (Å²) >= 11 is 5.97. The summed E-state index contributed by atoms with van der Waals surface area (Å²) in [5, 5.41) is 0.715. The van der Waals surface area contributed by atoms with E-state index in [1.165, 1.54) is 6.92 Å². The molecule has 1 saturated heterocycles. The molecule has 1 aromatic carbocycles. The zero-order chi connectivity index (χ0) is 13.8. The summed E-state index contributed by atoms with van der Waals surface area (Å²) < 4.78 is 0. The number of carbonyl (C=O) groups is 2. The van der Waals surface area contributed by atoms with E-state index >= 15 is 0 Å². The zero-order valence-electron chi connectivity index (χ0n) is 10.9. The van der Waals surface area contributed by atoms with Gasteiger partial charge >= 0.3 is 0 Å². The Bertz CT molecular complexity index is 482. The average molecular weight is 281 g/mol. The largest absolute Gasteiger partial charge is 0.368 e. The number of piperazine rings is 1. The molecule has 1 aromatic rings. The van der Waals surface area contributed by atoms with Gasteiger partial charge in [-0.15, -0.1) is 0 Å². The first-order valence-electron chi connectivity index (χ1n) is 6.34. The summed E-state index contributed by atoms with van der Waals surface area (Å²) in [6.45, 7) is 4.28. The van der Waals surface area contributed by atoms with Gasteiger partial charge in [-0.1, -0.05) is 17.7 Å². The van der Waals surface area contributed by atoms with Gasteiger partial charge in [0.2, 0.25) is 5.91 Å². The summed E-state index contributed by atoms with van der Waals surface area (Å²) in [5.41, 5.74) is 1.08. The van der Waals surface area contributed by atoms with Crippen molar-refractivity contribution in [3.05, 3.63) is 29.3 Å². The van der Waals surface area contributed by atoms with Crippen molar-refractivity contribution in [1.29, 1.82) is 0 Å². The Balaban J connectivity index is 1.92. The molecule has 4 nitrogen and oxygen atoms in total. The summed E-state index contributed by atoms with van der Waals surface area (Å²) in [6, 6.07) is 7.70. The standard InChI is InChI=1S/C14H17ClN2O2/c1-11(18)9-14(19)17-7-5-16(6-8-17)13-4-2-3-12(15)10-13/h2-4,10H,5-9H2,1H3. The molecule has 0 aromatic heterocycles. The number of amides is 1. The van der Waals surface area contributed by atoms with E-state index in [0.29, 0.717) is 18.1 Å². The fraction of sp³-hybridized carbons (Fsp3) is 0.429. The highest BCUT2D eigenvalue weighted by Crippen LogP contribution is 2.20. The lowest BCUT2D eigenvalue weighted by molar-refractivity contribution is -0.135. The van der Waals surface area contributed by atoms with Crippen LogP contribution in [0.5, 0.6) is 0 Å². The summed E-state index contributed by atoms with van der Waals surface area (Å²) in [5.74, 6) is -0.152. The molecule has 1 aliphatic rings. The molecule has 0 saturated carbocycles. The minimum absolute atomic E-state index is 0.0111. The van der Waals surface area contributed by atoms with Crippen LogP contribution >= 0.6 is 11.6 Å². The molecule has 1 fully saturated rings. The molecule has 0 N–H and O–H groups in total. The Labute approximate surface area is 117 Å². The van der Waals surface area contributed by atoms with Gasteiger partial charge in [0, 0.05) is 36.9 Å². The maximum absolute atomic E-state index is 11.8. The van der Waals surface area contributed by atoms with Gasteiger partial charge < -0.3 is 9.80 Å². The molecule has 0 radical (unpaired) electrons. The van der Waals surface area contributed by atoms with Gasteiger partial charge in [0.25, 0.3) is 0 Å².